The van der Waals surface area contributed by atoms with Gasteiger partial charge in [0.1, 0.15) is 0 Å². The van der Waals surface area contributed by atoms with Crippen LogP contribution in [0.3, 0.4) is 0 Å². The van der Waals surface area contributed by atoms with Crippen molar-refractivity contribution in [3.05, 3.63) is 53.3 Å². The summed E-state index contributed by atoms with van der Waals surface area (Å²) in [4.78, 5) is 16.8. The van der Waals surface area contributed by atoms with E-state index in [1.165, 1.54) is 5.56 Å². The zero-order valence-electron chi connectivity index (χ0n) is 17.4. The molecule has 152 valence electrons. The Labute approximate surface area is 167 Å². The number of aromatic nitrogens is 2. The van der Waals surface area contributed by atoms with Gasteiger partial charge in [-0.25, -0.2) is 0 Å². The highest BCUT2D eigenvalue weighted by molar-refractivity contribution is 5.86. The molecule has 1 aromatic heterocycles. The number of nitrogens with zero attached hydrogens (tertiary/aromatic N) is 4. The third-order valence-electron chi connectivity index (χ3n) is 5.47. The van der Waals surface area contributed by atoms with Crippen molar-refractivity contribution in [1.82, 2.24) is 19.6 Å². The second-order valence-corrected chi connectivity index (χ2v) is 8.45. The number of benzene rings is 1. The molecule has 0 radical (unpaired) electrons. The van der Waals surface area contributed by atoms with E-state index < -0.39 is 5.60 Å². The molecular weight excluding hydrogens is 352 g/mol. The Kier molecular flexibility index (Phi) is 6.20. The molecule has 6 nitrogen and oxygen atoms in total. The van der Waals surface area contributed by atoms with E-state index in [0.717, 1.165) is 17.5 Å². The number of rotatable bonds is 7. The molecule has 0 saturated carbocycles. The molecule has 3 rings (SSSR count). The Morgan fingerprint density at radius 3 is 2.57 bits per heavy atom. The van der Waals surface area contributed by atoms with Crippen LogP contribution in [-0.4, -0.2) is 56.3 Å². The van der Waals surface area contributed by atoms with Gasteiger partial charge in [0.2, 0.25) is 0 Å². The van der Waals surface area contributed by atoms with Crippen molar-refractivity contribution in [3.8, 4) is 0 Å². The van der Waals surface area contributed by atoms with E-state index >= 15 is 0 Å². The number of hydrogen-bond donors (Lipinski definition) is 1. The lowest BCUT2D eigenvalue weighted by molar-refractivity contribution is -0.160. The average molecular weight is 385 g/mol. The standard InChI is InChI=1S/C22H32N4O2/c1-17(2)20-8-6-18(7-9-20)15-26-11-5-10-22(28,21(26)27)16-24(3)13-19-12-23-25(4)14-19/h6-9,12,14,17,28H,5,10-11,13,15-16H2,1-4H3. The summed E-state index contributed by atoms with van der Waals surface area (Å²) < 4.78 is 1.76. The van der Waals surface area contributed by atoms with Gasteiger partial charge in [-0.1, -0.05) is 38.1 Å². The number of aryl methyl sites for hydroxylation is 1. The van der Waals surface area contributed by atoms with Crippen LogP contribution >= 0.6 is 0 Å². The van der Waals surface area contributed by atoms with Crippen LogP contribution in [0.15, 0.2) is 36.7 Å². The van der Waals surface area contributed by atoms with E-state index in [1.54, 1.807) is 9.58 Å². The molecule has 1 amide bonds. The van der Waals surface area contributed by atoms with Crippen LogP contribution in [0, 0.1) is 0 Å². The molecule has 1 unspecified atom stereocenters. The number of aliphatic hydroxyl groups is 1. The van der Waals surface area contributed by atoms with E-state index in [2.05, 4.69) is 43.2 Å². The number of piperidine rings is 1. The SMILES string of the molecule is CC(C)c1ccc(CN2CCCC(O)(CN(C)Cc3cnn(C)c3)C2=O)cc1. The molecule has 1 saturated heterocycles. The second-order valence-electron chi connectivity index (χ2n) is 8.45. The predicted octanol–water partition coefficient (Wildman–Crippen LogP) is 2.53. The molecule has 1 N–H and O–H groups in total. The highest BCUT2D eigenvalue weighted by Crippen LogP contribution is 2.26. The van der Waals surface area contributed by atoms with Gasteiger partial charge in [-0.2, -0.15) is 5.10 Å². The summed E-state index contributed by atoms with van der Waals surface area (Å²) in [6.07, 6.45) is 5.09. The van der Waals surface area contributed by atoms with Gasteiger partial charge in [-0.05, 0) is 36.9 Å². The Hall–Kier alpha value is -2.18. The van der Waals surface area contributed by atoms with Gasteiger partial charge in [0.15, 0.2) is 5.60 Å². The summed E-state index contributed by atoms with van der Waals surface area (Å²) in [6, 6.07) is 8.43. The van der Waals surface area contributed by atoms with Crippen LogP contribution < -0.4 is 0 Å². The van der Waals surface area contributed by atoms with E-state index in [1.807, 2.05) is 31.4 Å². The lowest BCUT2D eigenvalue weighted by Gasteiger charge is -2.40. The van der Waals surface area contributed by atoms with Crippen molar-refractivity contribution in [2.45, 2.75) is 51.3 Å². The van der Waals surface area contributed by atoms with Crippen LogP contribution in [0.1, 0.15) is 49.3 Å². The van der Waals surface area contributed by atoms with Crippen LogP contribution in [-0.2, 0) is 24.9 Å². The summed E-state index contributed by atoms with van der Waals surface area (Å²) in [7, 11) is 3.81. The van der Waals surface area contributed by atoms with Gasteiger partial charge in [0.25, 0.3) is 5.91 Å². The van der Waals surface area contributed by atoms with Crippen LogP contribution in [0.5, 0.6) is 0 Å². The van der Waals surface area contributed by atoms with Crippen molar-refractivity contribution in [2.75, 3.05) is 20.1 Å². The molecule has 6 heteroatoms. The van der Waals surface area contributed by atoms with Gasteiger partial charge >= 0.3 is 0 Å². The predicted molar refractivity (Wildman–Crippen MR) is 110 cm³/mol. The molecule has 0 aliphatic carbocycles. The van der Waals surface area contributed by atoms with Gasteiger partial charge in [0, 0.05) is 45.0 Å². The normalized spacial score (nSPS) is 20.4. The number of carbonyl (C=O) groups is 1. The Morgan fingerprint density at radius 1 is 1.25 bits per heavy atom. The topological polar surface area (TPSA) is 61.6 Å². The molecule has 1 aliphatic heterocycles. The van der Waals surface area contributed by atoms with E-state index in [9.17, 15) is 9.90 Å². The Balaban J connectivity index is 1.63. The van der Waals surface area contributed by atoms with Gasteiger partial charge in [-0.15, -0.1) is 0 Å². The molecule has 2 heterocycles. The molecule has 0 bridgehead atoms. The first kappa shape index (κ1) is 20.6. The van der Waals surface area contributed by atoms with Gasteiger partial charge in [0.05, 0.1) is 6.20 Å². The molecule has 1 fully saturated rings. The van der Waals surface area contributed by atoms with Crippen molar-refractivity contribution in [2.24, 2.45) is 7.05 Å². The Morgan fingerprint density at radius 2 is 1.96 bits per heavy atom. The summed E-state index contributed by atoms with van der Waals surface area (Å²) >= 11 is 0. The first-order chi connectivity index (χ1) is 13.3. The number of likely N-dealkylation sites (N-methyl/N-ethyl adjacent to an activating group) is 1. The van der Waals surface area contributed by atoms with Gasteiger partial charge < -0.3 is 10.0 Å². The fourth-order valence-corrected chi connectivity index (χ4v) is 3.96. The van der Waals surface area contributed by atoms with E-state index in [-0.39, 0.29) is 5.91 Å². The highest BCUT2D eigenvalue weighted by Gasteiger charge is 2.42. The van der Waals surface area contributed by atoms with Crippen molar-refractivity contribution in [3.63, 3.8) is 0 Å². The molecule has 1 atom stereocenters. The number of hydrogen-bond acceptors (Lipinski definition) is 4. The number of amides is 1. The fraction of sp³-hybridized carbons (Fsp3) is 0.545. The molecular formula is C22H32N4O2. The third kappa shape index (κ3) is 4.80. The lowest BCUT2D eigenvalue weighted by atomic mass is 9.90. The minimum Gasteiger partial charge on any atom is -0.379 e. The van der Waals surface area contributed by atoms with Crippen molar-refractivity contribution < 1.29 is 9.90 Å². The van der Waals surface area contributed by atoms with Crippen molar-refractivity contribution >= 4 is 5.91 Å². The molecule has 1 aliphatic rings. The summed E-state index contributed by atoms with van der Waals surface area (Å²) in [5.41, 5.74) is 2.14. The van der Waals surface area contributed by atoms with Crippen molar-refractivity contribution in [1.29, 1.82) is 0 Å². The second kappa shape index (κ2) is 8.45. The summed E-state index contributed by atoms with van der Waals surface area (Å²) in [5, 5.41) is 15.3. The smallest absolute Gasteiger partial charge is 0.256 e. The Bertz CT molecular complexity index is 799. The zero-order chi connectivity index (χ0) is 20.3. The van der Waals surface area contributed by atoms with Crippen LogP contribution in [0.4, 0.5) is 0 Å². The molecule has 0 spiro atoms. The third-order valence-corrected chi connectivity index (χ3v) is 5.47. The maximum absolute atomic E-state index is 13.1. The molecule has 1 aromatic carbocycles. The molecule has 28 heavy (non-hydrogen) atoms. The maximum atomic E-state index is 13.1. The highest BCUT2D eigenvalue weighted by atomic mass is 16.3. The summed E-state index contributed by atoms with van der Waals surface area (Å²) in [5.74, 6) is 0.329. The fourth-order valence-electron chi connectivity index (χ4n) is 3.96. The quantitative estimate of drug-likeness (QED) is 0.797. The summed E-state index contributed by atoms with van der Waals surface area (Å²) in [6.45, 7) is 6.56. The van der Waals surface area contributed by atoms with Gasteiger partial charge in [-0.3, -0.25) is 14.4 Å². The average Bonchev–Trinajstić information content (AvgIpc) is 3.04. The van der Waals surface area contributed by atoms with E-state index in [0.29, 0.717) is 38.5 Å². The molecule has 2 aromatic rings. The van der Waals surface area contributed by atoms with Crippen LogP contribution in [0.2, 0.25) is 0 Å². The van der Waals surface area contributed by atoms with Crippen LogP contribution in [0.25, 0.3) is 0 Å². The largest absolute Gasteiger partial charge is 0.379 e. The number of likely N-dealkylation sites (tertiary alicyclic amines) is 1. The first-order valence-electron chi connectivity index (χ1n) is 10.0. The minimum atomic E-state index is -1.33. The minimum absolute atomic E-state index is 0.162. The maximum Gasteiger partial charge on any atom is 0.256 e. The zero-order valence-corrected chi connectivity index (χ0v) is 17.4. The lowest BCUT2D eigenvalue weighted by Crippen LogP contribution is -2.57. The first-order valence-corrected chi connectivity index (χ1v) is 10.0. The monoisotopic (exact) mass is 384 g/mol. The van der Waals surface area contributed by atoms with E-state index in [4.69, 9.17) is 0 Å². The number of carbonyl (C=O) groups excluding carboxylic acids is 1.